The minimum Gasteiger partial charge on any atom is -0.404 e. The third-order valence-electron chi connectivity index (χ3n) is 6.03. The summed E-state index contributed by atoms with van der Waals surface area (Å²) in [6, 6.07) is 20.3. The van der Waals surface area contributed by atoms with Crippen LogP contribution in [0.5, 0.6) is 5.75 Å². The van der Waals surface area contributed by atoms with E-state index in [9.17, 15) is 9.59 Å². The van der Waals surface area contributed by atoms with Gasteiger partial charge >= 0.3 is 6.09 Å². The number of hydrogen-bond acceptors (Lipinski definition) is 5. The number of carbonyl (C=O) groups excluding carboxylic acids is 1. The van der Waals surface area contributed by atoms with E-state index in [0.29, 0.717) is 27.6 Å². The van der Waals surface area contributed by atoms with Crippen molar-refractivity contribution in [2.24, 2.45) is 7.05 Å². The normalized spacial score (nSPS) is 11.2. The molecule has 4 heterocycles. The van der Waals surface area contributed by atoms with Crippen molar-refractivity contribution in [3.8, 4) is 28.1 Å². The third kappa shape index (κ3) is 4.21. The molecular weight excluding hydrogens is 492 g/mol. The Morgan fingerprint density at radius 2 is 1.86 bits per heavy atom. The molecule has 0 aliphatic heterocycles. The second-order valence-electron chi connectivity index (χ2n) is 8.46. The van der Waals surface area contributed by atoms with Crippen LogP contribution >= 0.6 is 11.6 Å². The number of benzene rings is 2. The molecule has 0 spiro atoms. The fourth-order valence-electron chi connectivity index (χ4n) is 4.22. The first-order valence-electron chi connectivity index (χ1n) is 11.3. The molecule has 0 aliphatic carbocycles. The molecular formula is C27H19ClN6O3. The first-order valence-corrected chi connectivity index (χ1v) is 11.7. The number of carbonyl (C=O) groups is 1. The van der Waals surface area contributed by atoms with Gasteiger partial charge in [-0.25, -0.2) is 9.78 Å². The number of anilines is 1. The van der Waals surface area contributed by atoms with Crippen molar-refractivity contribution in [1.82, 2.24) is 24.7 Å². The summed E-state index contributed by atoms with van der Waals surface area (Å²) in [5.74, 6) is 0.382. The largest absolute Gasteiger partial charge is 0.418 e. The minimum atomic E-state index is -0.780. The van der Waals surface area contributed by atoms with Gasteiger partial charge in [-0.1, -0.05) is 41.9 Å². The van der Waals surface area contributed by atoms with E-state index in [4.69, 9.17) is 21.3 Å². The molecule has 6 aromatic rings. The zero-order valence-electron chi connectivity index (χ0n) is 19.4. The zero-order chi connectivity index (χ0) is 25.5. The Labute approximate surface area is 214 Å². The monoisotopic (exact) mass is 510 g/mol. The van der Waals surface area contributed by atoms with Crippen molar-refractivity contribution in [1.29, 1.82) is 0 Å². The number of amides is 1. The molecule has 4 aromatic heterocycles. The van der Waals surface area contributed by atoms with Gasteiger partial charge in [0.15, 0.2) is 5.75 Å². The van der Waals surface area contributed by atoms with E-state index >= 15 is 0 Å². The van der Waals surface area contributed by atoms with E-state index in [0.717, 1.165) is 27.6 Å². The van der Waals surface area contributed by atoms with Gasteiger partial charge in [-0.05, 0) is 42.0 Å². The van der Waals surface area contributed by atoms with Crippen LogP contribution in [0.1, 0.15) is 0 Å². The molecule has 0 bridgehead atoms. The number of aryl methyl sites for hydroxylation is 1. The lowest BCUT2D eigenvalue weighted by Gasteiger charge is -2.13. The maximum Gasteiger partial charge on any atom is 0.418 e. The summed E-state index contributed by atoms with van der Waals surface area (Å²) >= 11 is 6.54. The van der Waals surface area contributed by atoms with E-state index in [1.807, 2.05) is 48.5 Å². The highest BCUT2D eigenvalue weighted by atomic mass is 35.5. The molecule has 2 aromatic carbocycles. The smallest absolute Gasteiger partial charge is 0.404 e. The molecule has 1 amide bonds. The van der Waals surface area contributed by atoms with E-state index in [1.165, 1.54) is 6.07 Å². The van der Waals surface area contributed by atoms with Crippen molar-refractivity contribution in [3.05, 3.63) is 94.5 Å². The predicted molar refractivity (Wildman–Crippen MR) is 143 cm³/mol. The molecule has 37 heavy (non-hydrogen) atoms. The van der Waals surface area contributed by atoms with Gasteiger partial charge < -0.3 is 14.3 Å². The number of aromatic amines is 2. The Morgan fingerprint density at radius 1 is 1.03 bits per heavy atom. The van der Waals surface area contributed by atoms with Crippen LogP contribution in [0.4, 0.5) is 10.6 Å². The number of ether oxygens (including phenoxy) is 1. The van der Waals surface area contributed by atoms with Gasteiger partial charge in [-0.15, -0.1) is 0 Å². The number of hydrogen-bond donors (Lipinski definition) is 3. The highest BCUT2D eigenvalue weighted by Crippen LogP contribution is 2.36. The van der Waals surface area contributed by atoms with Crippen LogP contribution in [0.2, 0.25) is 5.02 Å². The lowest BCUT2D eigenvalue weighted by molar-refractivity contribution is 0.214. The van der Waals surface area contributed by atoms with E-state index in [-0.39, 0.29) is 5.75 Å². The Hall–Kier alpha value is -4.89. The van der Waals surface area contributed by atoms with E-state index in [1.54, 1.807) is 36.1 Å². The van der Waals surface area contributed by atoms with Gasteiger partial charge in [0.25, 0.3) is 5.56 Å². The molecule has 6 rings (SSSR count). The third-order valence-corrected chi connectivity index (χ3v) is 6.33. The quantitative estimate of drug-likeness (QED) is 0.279. The van der Waals surface area contributed by atoms with Gasteiger partial charge in [0.1, 0.15) is 11.5 Å². The molecule has 0 saturated heterocycles. The van der Waals surface area contributed by atoms with Crippen molar-refractivity contribution in [2.75, 3.05) is 5.32 Å². The van der Waals surface area contributed by atoms with Crippen LogP contribution < -0.4 is 15.6 Å². The summed E-state index contributed by atoms with van der Waals surface area (Å²) in [5.41, 5.74) is 3.67. The molecule has 0 radical (unpaired) electrons. The summed E-state index contributed by atoms with van der Waals surface area (Å²) in [5, 5.41) is 11.6. The van der Waals surface area contributed by atoms with Crippen LogP contribution in [0.3, 0.4) is 0 Å². The fraction of sp³-hybridized carbons (Fsp3) is 0.0370. The molecule has 0 fully saturated rings. The molecule has 9 nitrogen and oxygen atoms in total. The van der Waals surface area contributed by atoms with Gasteiger partial charge in [0.2, 0.25) is 0 Å². The highest BCUT2D eigenvalue weighted by molar-refractivity contribution is 6.35. The number of nitrogens with zero attached hydrogens (tertiary/aromatic N) is 3. The summed E-state index contributed by atoms with van der Waals surface area (Å²) in [4.78, 5) is 32.7. The topological polar surface area (TPSA) is 118 Å². The number of fused-ring (bicyclic) bond motifs is 2. The molecule has 0 aliphatic rings. The van der Waals surface area contributed by atoms with Gasteiger partial charge in [0, 0.05) is 35.1 Å². The maximum absolute atomic E-state index is 12.8. The average molecular weight is 511 g/mol. The number of H-pyrrole nitrogens is 2. The maximum atomic E-state index is 12.8. The zero-order valence-corrected chi connectivity index (χ0v) is 20.2. The van der Waals surface area contributed by atoms with E-state index in [2.05, 4.69) is 20.5 Å². The van der Waals surface area contributed by atoms with E-state index < -0.39 is 11.7 Å². The van der Waals surface area contributed by atoms with Crippen molar-refractivity contribution in [2.45, 2.75) is 0 Å². The van der Waals surface area contributed by atoms with Gasteiger partial charge in [-0.3, -0.25) is 15.2 Å². The minimum absolute atomic E-state index is 0.150. The van der Waals surface area contributed by atoms with Gasteiger partial charge in [-0.2, -0.15) is 5.10 Å². The molecule has 0 atom stereocenters. The Balaban J connectivity index is 1.48. The summed E-state index contributed by atoms with van der Waals surface area (Å²) in [7, 11) is 1.78. The number of pyridine rings is 2. The molecule has 0 unspecified atom stereocenters. The SMILES string of the molecule is Cn1cccc1NC(=O)Oc1cc2cc(-c3cc(Cl)c4[nH]ncc4c3)c(-c3ccccc3)nc2[nH]c1=O. The van der Waals surface area contributed by atoms with Crippen LogP contribution in [-0.2, 0) is 7.05 Å². The Kier molecular flexibility index (Phi) is 5.46. The molecule has 0 saturated carbocycles. The first kappa shape index (κ1) is 22.6. The lowest BCUT2D eigenvalue weighted by Crippen LogP contribution is -2.22. The van der Waals surface area contributed by atoms with Crippen molar-refractivity contribution < 1.29 is 9.53 Å². The fourth-order valence-corrected chi connectivity index (χ4v) is 4.49. The second-order valence-corrected chi connectivity index (χ2v) is 8.87. The van der Waals surface area contributed by atoms with Crippen molar-refractivity contribution in [3.63, 3.8) is 0 Å². The standard InChI is InChI=1S/C27H19ClN6O3/c1-34-9-5-8-22(34)30-27(36)37-21-13-17-11-19(16-10-18-14-29-33-24(18)20(28)12-16)23(15-6-3-2-4-7-15)31-25(17)32-26(21)35/h2-14H,1H3,(H,29,33)(H,30,36)(H,31,32,35). The molecule has 182 valence electrons. The van der Waals surface area contributed by atoms with Crippen molar-refractivity contribution >= 4 is 45.4 Å². The Bertz CT molecular complexity index is 1860. The molecule has 10 heteroatoms. The van der Waals surface area contributed by atoms with Crippen LogP contribution in [0.15, 0.2) is 83.9 Å². The second kappa shape index (κ2) is 8.96. The van der Waals surface area contributed by atoms with Crippen LogP contribution in [-0.4, -0.2) is 30.8 Å². The number of aromatic nitrogens is 5. The highest BCUT2D eigenvalue weighted by Gasteiger charge is 2.17. The number of halogens is 1. The first-order chi connectivity index (χ1) is 18.0. The summed E-state index contributed by atoms with van der Waals surface area (Å²) in [6.45, 7) is 0. The summed E-state index contributed by atoms with van der Waals surface area (Å²) in [6.07, 6.45) is 2.71. The lowest BCUT2D eigenvalue weighted by atomic mass is 9.97. The van der Waals surface area contributed by atoms with Crippen LogP contribution in [0.25, 0.3) is 44.3 Å². The average Bonchev–Trinajstić information content (AvgIpc) is 3.53. The Morgan fingerprint density at radius 3 is 2.65 bits per heavy atom. The summed E-state index contributed by atoms with van der Waals surface area (Å²) < 4.78 is 7.06. The number of rotatable bonds is 4. The number of nitrogens with one attached hydrogen (secondary N) is 3. The predicted octanol–water partition coefficient (Wildman–Crippen LogP) is 5.74. The molecule has 3 N–H and O–H groups in total. The van der Waals surface area contributed by atoms with Gasteiger partial charge in [0.05, 0.1) is 22.4 Å². The van der Waals surface area contributed by atoms with Crippen LogP contribution in [0, 0.1) is 0 Å².